The van der Waals surface area contributed by atoms with E-state index < -0.39 is 24.5 Å². The molecular weight excluding hydrogens is 355 g/mol. The molecule has 0 fully saturated rings. The van der Waals surface area contributed by atoms with E-state index in [9.17, 15) is 22.8 Å². The lowest BCUT2D eigenvalue weighted by Crippen LogP contribution is -2.34. The molecule has 0 saturated heterocycles. The van der Waals surface area contributed by atoms with Crippen LogP contribution < -0.4 is 10.6 Å². The largest absolute Gasteiger partial charge is 0.405 e. The Morgan fingerprint density at radius 1 is 1.08 bits per heavy atom. The van der Waals surface area contributed by atoms with Crippen molar-refractivity contribution in [1.29, 1.82) is 0 Å². The number of aromatic nitrogens is 1. The van der Waals surface area contributed by atoms with Gasteiger partial charge in [0.1, 0.15) is 11.6 Å². The molecule has 1 aromatic heterocycles. The minimum atomic E-state index is -4.52. The van der Waals surface area contributed by atoms with Crippen LogP contribution >= 0.6 is 11.8 Å². The van der Waals surface area contributed by atoms with Crippen LogP contribution in [-0.2, 0) is 0 Å². The monoisotopic (exact) mass is 369 g/mol. The molecule has 5 nitrogen and oxygen atoms in total. The molecule has 2 aromatic rings. The molecule has 1 heterocycles. The summed E-state index contributed by atoms with van der Waals surface area (Å²) >= 11 is 1.28. The Kier molecular flexibility index (Phi) is 6.02. The van der Waals surface area contributed by atoms with Gasteiger partial charge in [0, 0.05) is 6.20 Å². The molecule has 0 atom stereocenters. The van der Waals surface area contributed by atoms with E-state index in [2.05, 4.69) is 10.3 Å². The number of anilines is 1. The molecule has 0 spiro atoms. The predicted octanol–water partition coefficient (Wildman–Crippen LogP) is 3.35. The van der Waals surface area contributed by atoms with E-state index in [1.54, 1.807) is 36.0 Å². The quantitative estimate of drug-likeness (QED) is 0.793. The SMILES string of the molecule is CSc1ncccc1C(=O)Nc1ccccc1C(=O)NCC(F)(F)F. The molecule has 0 bridgehead atoms. The predicted molar refractivity (Wildman–Crippen MR) is 88.8 cm³/mol. The number of carbonyl (C=O) groups excluding carboxylic acids is 2. The zero-order valence-corrected chi connectivity index (χ0v) is 13.9. The fourth-order valence-corrected chi connectivity index (χ4v) is 2.53. The fourth-order valence-electron chi connectivity index (χ4n) is 1.98. The van der Waals surface area contributed by atoms with Crippen LogP contribution in [-0.4, -0.2) is 35.8 Å². The second-order valence-electron chi connectivity index (χ2n) is 4.86. The van der Waals surface area contributed by atoms with Crippen molar-refractivity contribution in [1.82, 2.24) is 10.3 Å². The Bertz CT molecular complexity index is 781. The molecule has 0 aliphatic heterocycles. The van der Waals surface area contributed by atoms with E-state index >= 15 is 0 Å². The van der Waals surface area contributed by atoms with Gasteiger partial charge in [-0.3, -0.25) is 9.59 Å². The zero-order valence-electron chi connectivity index (χ0n) is 13.1. The maximum absolute atomic E-state index is 12.4. The van der Waals surface area contributed by atoms with Crippen LogP contribution in [0.1, 0.15) is 20.7 Å². The van der Waals surface area contributed by atoms with Gasteiger partial charge in [0.15, 0.2) is 0 Å². The zero-order chi connectivity index (χ0) is 18.4. The number of nitrogens with one attached hydrogen (secondary N) is 2. The highest BCUT2D eigenvalue weighted by atomic mass is 32.2. The number of rotatable bonds is 5. The Morgan fingerprint density at radius 3 is 2.44 bits per heavy atom. The number of thioether (sulfide) groups is 1. The molecular formula is C16H14F3N3O2S. The molecule has 25 heavy (non-hydrogen) atoms. The number of carbonyl (C=O) groups is 2. The number of nitrogens with zero attached hydrogens (tertiary/aromatic N) is 1. The van der Waals surface area contributed by atoms with Gasteiger partial charge in [-0.15, -0.1) is 11.8 Å². The van der Waals surface area contributed by atoms with Crippen LogP contribution in [0.4, 0.5) is 18.9 Å². The van der Waals surface area contributed by atoms with Crippen molar-refractivity contribution in [2.45, 2.75) is 11.2 Å². The summed E-state index contributed by atoms with van der Waals surface area (Å²) in [5.41, 5.74) is 0.360. The van der Waals surface area contributed by atoms with Gasteiger partial charge >= 0.3 is 6.18 Å². The Balaban J connectivity index is 2.20. The van der Waals surface area contributed by atoms with Gasteiger partial charge in [0.2, 0.25) is 0 Å². The third kappa shape index (κ3) is 5.21. The van der Waals surface area contributed by atoms with Crippen molar-refractivity contribution in [2.75, 3.05) is 18.1 Å². The molecule has 0 aliphatic rings. The lowest BCUT2D eigenvalue weighted by molar-refractivity contribution is -0.123. The smallest absolute Gasteiger partial charge is 0.343 e. The molecule has 1 aromatic carbocycles. The van der Waals surface area contributed by atoms with Gasteiger partial charge in [-0.05, 0) is 30.5 Å². The third-order valence-corrected chi connectivity index (χ3v) is 3.79. The lowest BCUT2D eigenvalue weighted by atomic mass is 10.1. The van der Waals surface area contributed by atoms with Crippen LogP contribution in [0.15, 0.2) is 47.6 Å². The summed E-state index contributed by atoms with van der Waals surface area (Å²) in [5.74, 6) is -1.43. The van der Waals surface area contributed by atoms with Crippen LogP contribution in [0.5, 0.6) is 0 Å². The highest BCUT2D eigenvalue weighted by molar-refractivity contribution is 7.98. The highest BCUT2D eigenvalue weighted by Crippen LogP contribution is 2.21. The number of amides is 2. The number of pyridine rings is 1. The van der Waals surface area contributed by atoms with Gasteiger partial charge in [-0.25, -0.2) is 4.98 Å². The van der Waals surface area contributed by atoms with Gasteiger partial charge in [0.05, 0.1) is 16.8 Å². The average Bonchev–Trinajstić information content (AvgIpc) is 2.59. The Morgan fingerprint density at radius 2 is 1.76 bits per heavy atom. The van der Waals surface area contributed by atoms with Gasteiger partial charge in [0.25, 0.3) is 11.8 Å². The van der Waals surface area contributed by atoms with E-state index in [0.29, 0.717) is 10.6 Å². The molecule has 0 aliphatic carbocycles. The van der Waals surface area contributed by atoms with E-state index in [1.165, 1.54) is 30.0 Å². The minimum Gasteiger partial charge on any atom is -0.343 e. The van der Waals surface area contributed by atoms with Crippen molar-refractivity contribution in [2.24, 2.45) is 0 Å². The highest BCUT2D eigenvalue weighted by Gasteiger charge is 2.28. The molecule has 2 amide bonds. The first-order valence-electron chi connectivity index (χ1n) is 7.06. The number of alkyl halides is 3. The van der Waals surface area contributed by atoms with Crippen LogP contribution in [0.3, 0.4) is 0 Å². The average molecular weight is 369 g/mol. The van der Waals surface area contributed by atoms with Crippen LogP contribution in [0.25, 0.3) is 0 Å². The standard InChI is InChI=1S/C16H14F3N3O2S/c1-25-15-11(6-4-8-20-15)14(24)22-12-7-3-2-5-10(12)13(23)21-9-16(17,18)19/h2-8H,9H2,1H3,(H,21,23)(H,22,24). The Labute approximate surface area is 146 Å². The molecule has 2 rings (SSSR count). The molecule has 0 unspecified atom stereocenters. The summed E-state index contributed by atoms with van der Waals surface area (Å²) in [6.07, 6.45) is -1.21. The van der Waals surface area contributed by atoms with Crippen molar-refractivity contribution >= 4 is 29.3 Å². The van der Waals surface area contributed by atoms with Crippen molar-refractivity contribution < 1.29 is 22.8 Å². The first kappa shape index (κ1) is 18.8. The van der Waals surface area contributed by atoms with E-state index in [1.807, 2.05) is 0 Å². The summed E-state index contributed by atoms with van der Waals surface area (Å²) in [4.78, 5) is 28.5. The topological polar surface area (TPSA) is 71.1 Å². The molecule has 132 valence electrons. The maximum Gasteiger partial charge on any atom is 0.405 e. The number of hydrogen-bond acceptors (Lipinski definition) is 4. The second-order valence-corrected chi connectivity index (χ2v) is 5.65. The van der Waals surface area contributed by atoms with E-state index in [4.69, 9.17) is 0 Å². The normalized spacial score (nSPS) is 11.0. The first-order chi connectivity index (χ1) is 11.8. The van der Waals surface area contributed by atoms with Crippen LogP contribution in [0.2, 0.25) is 0 Å². The number of halogens is 3. The number of para-hydroxylation sites is 1. The first-order valence-corrected chi connectivity index (χ1v) is 8.28. The van der Waals surface area contributed by atoms with Crippen molar-refractivity contribution in [3.63, 3.8) is 0 Å². The van der Waals surface area contributed by atoms with Crippen molar-refractivity contribution in [3.05, 3.63) is 53.7 Å². The van der Waals surface area contributed by atoms with Gasteiger partial charge in [-0.2, -0.15) is 13.2 Å². The third-order valence-electron chi connectivity index (χ3n) is 3.08. The summed E-state index contributed by atoms with van der Waals surface area (Å²) in [5, 5.41) is 4.83. The minimum absolute atomic E-state index is 0.0605. The molecule has 0 saturated carbocycles. The number of benzene rings is 1. The molecule has 9 heteroatoms. The molecule has 2 N–H and O–H groups in total. The summed E-state index contributed by atoms with van der Waals surface area (Å²) in [7, 11) is 0. The second kappa shape index (κ2) is 8.02. The Hall–Kier alpha value is -2.55. The fraction of sp³-hybridized carbons (Fsp3) is 0.188. The lowest BCUT2D eigenvalue weighted by Gasteiger charge is -2.13. The molecule has 0 radical (unpaired) electrons. The maximum atomic E-state index is 12.4. The van der Waals surface area contributed by atoms with Gasteiger partial charge < -0.3 is 10.6 Å². The number of hydrogen-bond donors (Lipinski definition) is 2. The van der Waals surface area contributed by atoms with E-state index in [0.717, 1.165) is 0 Å². The van der Waals surface area contributed by atoms with Crippen molar-refractivity contribution in [3.8, 4) is 0 Å². The summed E-state index contributed by atoms with van der Waals surface area (Å²) in [6, 6.07) is 9.00. The summed E-state index contributed by atoms with van der Waals surface area (Å²) < 4.78 is 36.8. The van der Waals surface area contributed by atoms with Crippen LogP contribution in [0, 0.1) is 0 Å². The van der Waals surface area contributed by atoms with Gasteiger partial charge in [-0.1, -0.05) is 12.1 Å². The summed E-state index contributed by atoms with van der Waals surface area (Å²) in [6.45, 7) is -1.45. The van der Waals surface area contributed by atoms with E-state index in [-0.39, 0.29) is 11.3 Å².